The lowest BCUT2D eigenvalue weighted by Gasteiger charge is -2.40. The van der Waals surface area contributed by atoms with Crippen LogP contribution in [0, 0.1) is 0 Å². The molecule has 2 aromatic rings. The summed E-state index contributed by atoms with van der Waals surface area (Å²) in [4.78, 5) is 14.5. The molecule has 0 radical (unpaired) electrons. The van der Waals surface area contributed by atoms with Crippen LogP contribution < -0.4 is 0 Å². The highest BCUT2D eigenvalue weighted by molar-refractivity contribution is 5.77. The van der Waals surface area contributed by atoms with E-state index in [2.05, 4.69) is 36.0 Å². The monoisotopic (exact) mass is 327 g/mol. The van der Waals surface area contributed by atoms with Gasteiger partial charge in [-0.2, -0.15) is 5.10 Å². The highest BCUT2D eigenvalue weighted by Gasteiger charge is 2.45. The minimum Gasteiger partial charge on any atom is -0.479 e. The summed E-state index contributed by atoms with van der Waals surface area (Å²) in [6, 6.07) is 12.3. The number of hydrogen-bond acceptors (Lipinski definition) is 3. The maximum atomic E-state index is 12.1. The van der Waals surface area contributed by atoms with Crippen molar-refractivity contribution in [2.24, 2.45) is 0 Å². The molecule has 1 N–H and O–H groups in total. The molecular formula is C19H25N3O2. The Hall–Kier alpha value is -2.14. The first kappa shape index (κ1) is 16.7. The van der Waals surface area contributed by atoms with Crippen LogP contribution in [-0.2, 0) is 16.9 Å². The van der Waals surface area contributed by atoms with Gasteiger partial charge in [0.2, 0.25) is 0 Å². The zero-order valence-electron chi connectivity index (χ0n) is 14.4. The number of rotatable bonds is 5. The molecule has 0 amide bonds. The molecule has 0 atom stereocenters. The van der Waals surface area contributed by atoms with Gasteiger partial charge in [0.25, 0.3) is 0 Å². The summed E-state index contributed by atoms with van der Waals surface area (Å²) in [7, 11) is 0. The predicted octanol–water partition coefficient (Wildman–Crippen LogP) is 3.08. The van der Waals surface area contributed by atoms with E-state index in [1.54, 1.807) is 10.9 Å². The highest BCUT2D eigenvalue weighted by Crippen LogP contribution is 2.33. The first-order chi connectivity index (χ1) is 11.5. The predicted molar refractivity (Wildman–Crippen MR) is 92.9 cm³/mol. The lowest BCUT2D eigenvalue weighted by molar-refractivity contribution is -0.151. The minimum absolute atomic E-state index is 0.256. The van der Waals surface area contributed by atoms with E-state index in [1.165, 1.54) is 5.56 Å². The second kappa shape index (κ2) is 6.77. The maximum Gasteiger partial charge on any atom is 0.331 e. The quantitative estimate of drug-likeness (QED) is 0.917. The molecule has 3 rings (SSSR count). The molecule has 1 aliphatic rings. The fourth-order valence-corrected chi connectivity index (χ4v) is 3.55. The van der Waals surface area contributed by atoms with Gasteiger partial charge < -0.3 is 5.11 Å². The highest BCUT2D eigenvalue weighted by atomic mass is 16.4. The summed E-state index contributed by atoms with van der Waals surface area (Å²) >= 11 is 0. The Morgan fingerprint density at radius 1 is 1.21 bits per heavy atom. The molecule has 24 heavy (non-hydrogen) atoms. The number of carboxylic acid groups (broad SMARTS) is 1. The van der Waals surface area contributed by atoms with Crippen molar-refractivity contribution in [2.75, 3.05) is 13.1 Å². The van der Waals surface area contributed by atoms with Gasteiger partial charge in [0.05, 0.1) is 0 Å². The van der Waals surface area contributed by atoms with Crippen molar-refractivity contribution < 1.29 is 9.90 Å². The van der Waals surface area contributed by atoms with E-state index >= 15 is 0 Å². The average Bonchev–Trinajstić information content (AvgIpc) is 3.07. The van der Waals surface area contributed by atoms with E-state index in [9.17, 15) is 9.90 Å². The standard InChI is InChI=1S/C19H25N3O2/c1-15(2)17-8-11-20-22(17)19(18(23)24)9-12-21(13-10-19)14-16-6-4-3-5-7-16/h3-8,11,15H,9-10,12-14H2,1-2H3,(H,23,24). The number of piperidine rings is 1. The van der Waals surface area contributed by atoms with Gasteiger partial charge >= 0.3 is 5.97 Å². The number of carbonyl (C=O) groups is 1. The lowest BCUT2D eigenvalue weighted by atomic mass is 9.86. The van der Waals surface area contributed by atoms with Gasteiger partial charge in [-0.1, -0.05) is 44.2 Å². The third kappa shape index (κ3) is 3.08. The van der Waals surface area contributed by atoms with E-state index in [0.29, 0.717) is 12.8 Å². The molecule has 0 bridgehead atoms. The Bertz CT molecular complexity index is 686. The maximum absolute atomic E-state index is 12.1. The van der Waals surface area contributed by atoms with Crippen LogP contribution >= 0.6 is 0 Å². The Kier molecular flexibility index (Phi) is 4.71. The van der Waals surface area contributed by atoms with Crippen molar-refractivity contribution >= 4 is 5.97 Å². The summed E-state index contributed by atoms with van der Waals surface area (Å²) in [5.74, 6) is -0.515. The summed E-state index contributed by atoms with van der Waals surface area (Å²) in [6.07, 6.45) is 2.88. The molecule has 5 heteroatoms. The minimum atomic E-state index is -0.920. The van der Waals surface area contributed by atoms with E-state index in [-0.39, 0.29) is 5.92 Å². The van der Waals surface area contributed by atoms with Crippen molar-refractivity contribution in [3.8, 4) is 0 Å². The Morgan fingerprint density at radius 2 is 1.88 bits per heavy atom. The molecule has 1 aliphatic heterocycles. The fraction of sp³-hybridized carbons (Fsp3) is 0.474. The number of carboxylic acids is 1. The van der Waals surface area contributed by atoms with Crippen LogP contribution in [0.2, 0.25) is 0 Å². The molecule has 0 aliphatic carbocycles. The largest absolute Gasteiger partial charge is 0.479 e. The summed E-state index contributed by atoms with van der Waals surface area (Å²) in [5.41, 5.74) is 1.34. The number of nitrogens with zero attached hydrogens (tertiary/aromatic N) is 3. The van der Waals surface area contributed by atoms with Crippen LogP contribution in [0.5, 0.6) is 0 Å². The van der Waals surface area contributed by atoms with Gasteiger partial charge in [-0.15, -0.1) is 0 Å². The molecule has 0 spiro atoms. The lowest BCUT2D eigenvalue weighted by Crippen LogP contribution is -2.51. The van der Waals surface area contributed by atoms with Gasteiger partial charge in [-0.05, 0) is 30.4 Å². The fourth-order valence-electron chi connectivity index (χ4n) is 3.55. The van der Waals surface area contributed by atoms with E-state index in [1.807, 2.05) is 24.3 Å². The van der Waals surface area contributed by atoms with Crippen molar-refractivity contribution in [3.63, 3.8) is 0 Å². The normalized spacial score (nSPS) is 18.0. The zero-order chi connectivity index (χ0) is 17.2. The van der Waals surface area contributed by atoms with Gasteiger partial charge in [0, 0.05) is 31.5 Å². The third-order valence-corrected chi connectivity index (χ3v) is 5.00. The Labute approximate surface area is 142 Å². The van der Waals surface area contributed by atoms with Gasteiger partial charge in [0.15, 0.2) is 5.54 Å². The van der Waals surface area contributed by atoms with Crippen molar-refractivity contribution in [1.29, 1.82) is 0 Å². The van der Waals surface area contributed by atoms with Crippen molar-refractivity contribution in [3.05, 3.63) is 53.9 Å². The van der Waals surface area contributed by atoms with Crippen molar-refractivity contribution in [2.45, 2.75) is 44.7 Å². The van der Waals surface area contributed by atoms with Crippen LogP contribution in [-0.4, -0.2) is 38.8 Å². The molecule has 2 heterocycles. The van der Waals surface area contributed by atoms with Crippen LogP contribution in [0.15, 0.2) is 42.6 Å². The van der Waals surface area contributed by atoms with Crippen molar-refractivity contribution in [1.82, 2.24) is 14.7 Å². The van der Waals surface area contributed by atoms with Gasteiger partial charge in [-0.25, -0.2) is 4.79 Å². The first-order valence-corrected chi connectivity index (χ1v) is 8.57. The van der Waals surface area contributed by atoms with Crippen LogP contribution in [0.3, 0.4) is 0 Å². The molecule has 1 fully saturated rings. The second-order valence-corrected chi connectivity index (χ2v) is 6.92. The molecule has 1 aromatic heterocycles. The number of likely N-dealkylation sites (tertiary alicyclic amines) is 1. The number of benzene rings is 1. The Balaban J connectivity index is 1.77. The van der Waals surface area contributed by atoms with E-state index in [4.69, 9.17) is 0 Å². The number of aliphatic carboxylic acids is 1. The molecule has 5 nitrogen and oxygen atoms in total. The summed E-state index contributed by atoms with van der Waals surface area (Å²) < 4.78 is 1.76. The molecule has 1 saturated heterocycles. The molecule has 0 saturated carbocycles. The van der Waals surface area contributed by atoms with Crippen LogP contribution in [0.25, 0.3) is 0 Å². The van der Waals surface area contributed by atoms with E-state index < -0.39 is 11.5 Å². The zero-order valence-corrected chi connectivity index (χ0v) is 14.4. The molecule has 128 valence electrons. The third-order valence-electron chi connectivity index (χ3n) is 5.00. The summed E-state index contributed by atoms with van der Waals surface area (Å²) in [6.45, 7) is 6.55. The topological polar surface area (TPSA) is 58.4 Å². The van der Waals surface area contributed by atoms with Gasteiger partial charge in [0.1, 0.15) is 0 Å². The van der Waals surface area contributed by atoms with Crippen LogP contribution in [0.4, 0.5) is 0 Å². The van der Waals surface area contributed by atoms with Gasteiger partial charge in [-0.3, -0.25) is 9.58 Å². The molecular weight excluding hydrogens is 302 g/mol. The second-order valence-electron chi connectivity index (χ2n) is 6.92. The smallest absolute Gasteiger partial charge is 0.331 e. The molecule has 0 unspecified atom stereocenters. The number of hydrogen-bond donors (Lipinski definition) is 1. The number of aromatic nitrogens is 2. The van der Waals surface area contributed by atoms with Crippen LogP contribution in [0.1, 0.15) is 43.9 Å². The first-order valence-electron chi connectivity index (χ1n) is 8.57. The molecule has 1 aromatic carbocycles. The summed E-state index contributed by atoms with van der Waals surface area (Å²) in [5, 5.41) is 14.3. The van der Waals surface area contributed by atoms with E-state index in [0.717, 1.165) is 25.3 Å². The Morgan fingerprint density at radius 3 is 2.46 bits per heavy atom. The average molecular weight is 327 g/mol. The SMILES string of the molecule is CC(C)c1ccnn1C1(C(=O)O)CCN(Cc2ccccc2)CC1.